The fourth-order valence-electron chi connectivity index (χ4n) is 9.08. The van der Waals surface area contributed by atoms with E-state index in [2.05, 4.69) is 241 Å². The Balaban J connectivity index is 1.09. The SMILES string of the molecule is c1ccc(-c2cccc(-c3ccc(N(c4ccc(-c5ccc6ccccc6c5-c5ccccc5)cc4)c4cccc5c6ccccc6c6ccccc6c45)cc3)c2)cc1. The quantitative estimate of drug-likeness (QED) is 0.147. The van der Waals surface area contributed by atoms with Crippen molar-refractivity contribution in [3.8, 4) is 44.5 Å². The van der Waals surface area contributed by atoms with Crippen molar-refractivity contribution in [1.82, 2.24) is 0 Å². The van der Waals surface area contributed by atoms with E-state index in [4.69, 9.17) is 0 Å². The normalized spacial score (nSPS) is 11.4. The summed E-state index contributed by atoms with van der Waals surface area (Å²) in [5.41, 5.74) is 13.0. The molecule has 59 heavy (non-hydrogen) atoms. The molecule has 276 valence electrons. The third-order valence-corrected chi connectivity index (χ3v) is 11.8. The molecule has 0 radical (unpaired) electrons. The zero-order valence-corrected chi connectivity index (χ0v) is 32.5. The van der Waals surface area contributed by atoms with Gasteiger partial charge in [-0.1, -0.05) is 200 Å². The van der Waals surface area contributed by atoms with E-state index in [9.17, 15) is 0 Å². The van der Waals surface area contributed by atoms with Crippen LogP contribution in [0.2, 0.25) is 0 Å². The van der Waals surface area contributed by atoms with Gasteiger partial charge in [0.1, 0.15) is 0 Å². The summed E-state index contributed by atoms with van der Waals surface area (Å²) in [6.45, 7) is 0. The van der Waals surface area contributed by atoms with Gasteiger partial charge in [-0.2, -0.15) is 0 Å². The first-order valence-corrected chi connectivity index (χ1v) is 20.3. The second-order valence-electron chi connectivity index (χ2n) is 15.2. The molecule has 11 aromatic rings. The van der Waals surface area contributed by atoms with Crippen LogP contribution >= 0.6 is 0 Å². The Bertz CT molecular complexity index is 3250. The molecule has 0 aliphatic rings. The van der Waals surface area contributed by atoms with Gasteiger partial charge in [0.2, 0.25) is 0 Å². The summed E-state index contributed by atoms with van der Waals surface area (Å²) in [6, 6.07) is 86.2. The maximum Gasteiger partial charge on any atom is 0.0546 e. The number of hydrogen-bond donors (Lipinski definition) is 0. The summed E-state index contributed by atoms with van der Waals surface area (Å²) in [5, 5.41) is 10.0. The molecule has 0 unspecified atom stereocenters. The minimum atomic E-state index is 1.10. The van der Waals surface area contributed by atoms with E-state index < -0.39 is 0 Å². The lowest BCUT2D eigenvalue weighted by atomic mass is 9.89. The van der Waals surface area contributed by atoms with Gasteiger partial charge < -0.3 is 4.90 Å². The molecule has 0 bridgehead atoms. The monoisotopic (exact) mass is 749 g/mol. The van der Waals surface area contributed by atoms with Gasteiger partial charge in [-0.3, -0.25) is 0 Å². The van der Waals surface area contributed by atoms with E-state index in [1.54, 1.807) is 0 Å². The number of nitrogens with zero attached hydrogens (tertiary/aromatic N) is 1. The van der Waals surface area contributed by atoms with E-state index in [1.165, 1.54) is 87.6 Å². The lowest BCUT2D eigenvalue weighted by Crippen LogP contribution is -2.10. The highest BCUT2D eigenvalue weighted by Crippen LogP contribution is 2.46. The summed E-state index contributed by atoms with van der Waals surface area (Å²) < 4.78 is 0. The third-order valence-electron chi connectivity index (χ3n) is 11.8. The highest BCUT2D eigenvalue weighted by molar-refractivity contribution is 6.28. The molecule has 0 saturated heterocycles. The minimum absolute atomic E-state index is 1.10. The summed E-state index contributed by atoms with van der Waals surface area (Å²) in [4.78, 5) is 2.44. The Morgan fingerprint density at radius 1 is 0.254 bits per heavy atom. The molecule has 0 aliphatic heterocycles. The molecular formula is C58H39N. The Hall–Kier alpha value is -7.74. The second kappa shape index (κ2) is 14.6. The van der Waals surface area contributed by atoms with Crippen LogP contribution in [0.25, 0.3) is 87.6 Å². The highest BCUT2D eigenvalue weighted by Gasteiger charge is 2.20. The average Bonchev–Trinajstić information content (AvgIpc) is 3.32. The maximum absolute atomic E-state index is 2.44. The van der Waals surface area contributed by atoms with Gasteiger partial charge in [-0.05, 0) is 119 Å². The standard InChI is InChI=1S/C58H39N/c1-3-15-40(16-4-1)45-20-13-21-46(39-45)41-29-34-47(35-30-41)59(56-28-14-27-55-53-24-10-9-23-51(53)52-25-11-12-26-54(52)58(55)56)48-36-31-43(32-37-48)50-38-33-42-17-7-8-22-49(42)57(50)44-18-5-2-6-19-44/h1-39H. The molecule has 0 N–H and O–H groups in total. The molecule has 0 heterocycles. The minimum Gasteiger partial charge on any atom is -0.310 e. The topological polar surface area (TPSA) is 3.24 Å². The first kappa shape index (κ1) is 34.5. The van der Waals surface area contributed by atoms with Crippen LogP contribution in [0.15, 0.2) is 237 Å². The number of hydrogen-bond acceptors (Lipinski definition) is 1. The number of fused-ring (bicyclic) bond motifs is 7. The van der Waals surface area contributed by atoms with Crippen LogP contribution in [0.4, 0.5) is 17.1 Å². The molecule has 0 atom stereocenters. The predicted octanol–water partition coefficient (Wildman–Crippen LogP) is 16.4. The molecule has 0 saturated carbocycles. The van der Waals surface area contributed by atoms with Crippen molar-refractivity contribution in [3.63, 3.8) is 0 Å². The van der Waals surface area contributed by atoms with Crippen molar-refractivity contribution < 1.29 is 0 Å². The first-order valence-electron chi connectivity index (χ1n) is 20.3. The summed E-state index contributed by atoms with van der Waals surface area (Å²) >= 11 is 0. The Morgan fingerprint density at radius 2 is 0.695 bits per heavy atom. The molecule has 0 spiro atoms. The Morgan fingerprint density at radius 3 is 1.32 bits per heavy atom. The largest absolute Gasteiger partial charge is 0.310 e. The van der Waals surface area contributed by atoms with Crippen molar-refractivity contribution in [2.45, 2.75) is 0 Å². The fraction of sp³-hybridized carbons (Fsp3) is 0. The van der Waals surface area contributed by atoms with Crippen LogP contribution in [-0.2, 0) is 0 Å². The molecule has 0 amide bonds. The highest BCUT2D eigenvalue weighted by atomic mass is 15.1. The van der Waals surface area contributed by atoms with E-state index in [0.717, 1.165) is 17.1 Å². The van der Waals surface area contributed by atoms with Crippen LogP contribution < -0.4 is 4.90 Å². The van der Waals surface area contributed by atoms with Gasteiger partial charge in [0.15, 0.2) is 0 Å². The molecular weight excluding hydrogens is 711 g/mol. The maximum atomic E-state index is 2.44. The zero-order valence-electron chi connectivity index (χ0n) is 32.5. The molecule has 1 nitrogen and oxygen atoms in total. The van der Waals surface area contributed by atoms with E-state index >= 15 is 0 Å². The van der Waals surface area contributed by atoms with Gasteiger partial charge in [-0.15, -0.1) is 0 Å². The van der Waals surface area contributed by atoms with Crippen molar-refractivity contribution in [2.75, 3.05) is 4.90 Å². The summed E-state index contributed by atoms with van der Waals surface area (Å²) in [5.74, 6) is 0. The van der Waals surface area contributed by atoms with Crippen LogP contribution in [0, 0.1) is 0 Å². The van der Waals surface area contributed by atoms with E-state index in [0.29, 0.717) is 0 Å². The molecule has 0 aliphatic carbocycles. The van der Waals surface area contributed by atoms with Crippen LogP contribution in [0.3, 0.4) is 0 Å². The Kier molecular flexibility index (Phi) is 8.56. The van der Waals surface area contributed by atoms with Gasteiger partial charge >= 0.3 is 0 Å². The third kappa shape index (κ3) is 6.12. The number of rotatable bonds is 7. The summed E-state index contributed by atoms with van der Waals surface area (Å²) in [6.07, 6.45) is 0. The molecule has 11 rings (SSSR count). The number of benzene rings is 11. The summed E-state index contributed by atoms with van der Waals surface area (Å²) in [7, 11) is 0. The van der Waals surface area contributed by atoms with E-state index in [1.807, 2.05) is 0 Å². The fourth-order valence-corrected chi connectivity index (χ4v) is 9.08. The van der Waals surface area contributed by atoms with Crippen molar-refractivity contribution in [1.29, 1.82) is 0 Å². The molecule has 0 aromatic heterocycles. The second-order valence-corrected chi connectivity index (χ2v) is 15.2. The lowest BCUT2D eigenvalue weighted by molar-refractivity contribution is 1.30. The first-order chi connectivity index (χ1) is 29.3. The predicted molar refractivity (Wildman–Crippen MR) is 253 cm³/mol. The Labute approximate surface area is 344 Å². The van der Waals surface area contributed by atoms with Gasteiger partial charge in [0, 0.05) is 16.8 Å². The van der Waals surface area contributed by atoms with Crippen molar-refractivity contribution in [2.24, 2.45) is 0 Å². The number of anilines is 3. The lowest BCUT2D eigenvalue weighted by Gasteiger charge is -2.28. The molecule has 1 heteroatoms. The van der Waals surface area contributed by atoms with Crippen LogP contribution in [0.5, 0.6) is 0 Å². The van der Waals surface area contributed by atoms with E-state index in [-0.39, 0.29) is 0 Å². The van der Waals surface area contributed by atoms with Gasteiger partial charge in [0.25, 0.3) is 0 Å². The van der Waals surface area contributed by atoms with Crippen LogP contribution in [0.1, 0.15) is 0 Å². The zero-order chi connectivity index (χ0) is 39.1. The average molecular weight is 750 g/mol. The van der Waals surface area contributed by atoms with Gasteiger partial charge in [-0.25, -0.2) is 0 Å². The molecule has 11 aromatic carbocycles. The van der Waals surface area contributed by atoms with Gasteiger partial charge in [0.05, 0.1) is 5.69 Å². The molecule has 0 fully saturated rings. The van der Waals surface area contributed by atoms with Crippen molar-refractivity contribution >= 4 is 60.2 Å². The van der Waals surface area contributed by atoms with Crippen LogP contribution in [-0.4, -0.2) is 0 Å². The smallest absolute Gasteiger partial charge is 0.0546 e. The van der Waals surface area contributed by atoms with Crippen molar-refractivity contribution in [3.05, 3.63) is 237 Å².